The van der Waals surface area contributed by atoms with Gasteiger partial charge in [-0.05, 0) is 66.3 Å². The molecule has 1 unspecified atom stereocenters. The average Bonchev–Trinajstić information content (AvgIpc) is 3.09. The van der Waals surface area contributed by atoms with Crippen molar-refractivity contribution in [2.24, 2.45) is 0 Å². The molecule has 1 fully saturated rings. The van der Waals surface area contributed by atoms with Crippen molar-refractivity contribution in [3.05, 3.63) is 100 Å². The molecule has 1 aliphatic heterocycles. The van der Waals surface area contributed by atoms with Gasteiger partial charge in [-0.3, -0.25) is 14.5 Å². The lowest BCUT2D eigenvalue weighted by molar-refractivity contribution is -0.132. The van der Waals surface area contributed by atoms with Crippen LogP contribution in [0.4, 0.5) is 5.69 Å². The van der Waals surface area contributed by atoms with Gasteiger partial charge in [0, 0.05) is 11.3 Å². The van der Waals surface area contributed by atoms with Crippen molar-refractivity contribution in [1.82, 2.24) is 0 Å². The molecule has 0 saturated carbocycles. The zero-order chi connectivity index (χ0) is 25.5. The highest BCUT2D eigenvalue weighted by Crippen LogP contribution is 2.43. The summed E-state index contributed by atoms with van der Waals surface area (Å²) in [5.74, 6) is -0.957. The number of aliphatic hydroxyl groups is 1. The molecule has 180 valence electrons. The number of rotatable bonds is 4. The van der Waals surface area contributed by atoms with Crippen molar-refractivity contribution in [3.63, 3.8) is 0 Å². The zero-order valence-corrected chi connectivity index (χ0v) is 21.0. The molecular formula is C30H31NO4. The van der Waals surface area contributed by atoms with Gasteiger partial charge >= 0.3 is 0 Å². The van der Waals surface area contributed by atoms with Crippen molar-refractivity contribution in [3.8, 4) is 5.75 Å². The van der Waals surface area contributed by atoms with Crippen LogP contribution in [0.1, 0.15) is 54.6 Å². The molecule has 1 amide bonds. The van der Waals surface area contributed by atoms with Crippen LogP contribution in [-0.2, 0) is 15.0 Å². The van der Waals surface area contributed by atoms with Gasteiger partial charge in [-0.15, -0.1) is 0 Å². The van der Waals surface area contributed by atoms with Gasteiger partial charge in [0.2, 0.25) is 0 Å². The summed E-state index contributed by atoms with van der Waals surface area (Å²) in [4.78, 5) is 28.3. The SMILES string of the molecule is COc1cccc(C2/C(=C(\O)c3cc(C(C)(C)C)ccc3C)C(=O)C(=O)N2c2ccc(C)cc2)c1. The second kappa shape index (κ2) is 9.06. The number of amides is 1. The van der Waals surface area contributed by atoms with Crippen LogP contribution in [0.2, 0.25) is 0 Å². The normalized spacial score (nSPS) is 17.7. The van der Waals surface area contributed by atoms with Gasteiger partial charge in [0.25, 0.3) is 11.7 Å². The lowest BCUT2D eigenvalue weighted by atomic mass is 9.84. The van der Waals surface area contributed by atoms with E-state index >= 15 is 0 Å². The molecule has 0 bridgehead atoms. The molecule has 35 heavy (non-hydrogen) atoms. The monoisotopic (exact) mass is 469 g/mol. The highest BCUT2D eigenvalue weighted by atomic mass is 16.5. The van der Waals surface area contributed by atoms with E-state index in [9.17, 15) is 14.7 Å². The van der Waals surface area contributed by atoms with Gasteiger partial charge in [-0.2, -0.15) is 0 Å². The Bertz CT molecular complexity index is 1330. The minimum atomic E-state index is -0.800. The Morgan fingerprint density at radius 2 is 1.63 bits per heavy atom. The van der Waals surface area contributed by atoms with Gasteiger partial charge in [-0.25, -0.2) is 0 Å². The van der Waals surface area contributed by atoms with E-state index in [-0.39, 0.29) is 16.7 Å². The van der Waals surface area contributed by atoms with Crippen molar-refractivity contribution in [1.29, 1.82) is 0 Å². The van der Waals surface area contributed by atoms with E-state index in [4.69, 9.17) is 4.74 Å². The molecule has 0 spiro atoms. The minimum Gasteiger partial charge on any atom is -0.507 e. The maximum Gasteiger partial charge on any atom is 0.300 e. The maximum atomic E-state index is 13.5. The van der Waals surface area contributed by atoms with Crippen LogP contribution in [0.5, 0.6) is 5.75 Å². The van der Waals surface area contributed by atoms with Crippen LogP contribution in [0, 0.1) is 13.8 Å². The van der Waals surface area contributed by atoms with Gasteiger partial charge in [-0.1, -0.05) is 62.7 Å². The summed E-state index contributed by atoms with van der Waals surface area (Å²) in [6.45, 7) is 10.1. The Morgan fingerprint density at radius 1 is 0.943 bits per heavy atom. The van der Waals surface area contributed by atoms with Crippen LogP contribution in [-0.4, -0.2) is 23.9 Å². The molecule has 1 atom stereocenters. The van der Waals surface area contributed by atoms with Crippen LogP contribution in [0.3, 0.4) is 0 Å². The van der Waals surface area contributed by atoms with Crippen molar-refractivity contribution in [2.45, 2.75) is 46.1 Å². The van der Waals surface area contributed by atoms with E-state index in [1.165, 1.54) is 4.90 Å². The standard InChI is InChI=1S/C30H31NO4/c1-18-10-14-22(15-11-18)31-26(20-8-7-9-23(16-20)35-6)25(28(33)29(31)34)27(32)24-17-21(30(3,4)5)13-12-19(24)2/h7-17,26,32H,1-6H3/b27-25+. The summed E-state index contributed by atoms with van der Waals surface area (Å²) in [5, 5.41) is 11.6. The third kappa shape index (κ3) is 4.46. The second-order valence-corrected chi connectivity index (χ2v) is 10.1. The van der Waals surface area contributed by atoms with Crippen LogP contribution >= 0.6 is 0 Å². The lowest BCUT2D eigenvalue weighted by Gasteiger charge is -2.26. The fourth-order valence-electron chi connectivity index (χ4n) is 4.42. The Hall–Kier alpha value is -3.86. The average molecular weight is 470 g/mol. The molecule has 1 heterocycles. The van der Waals surface area contributed by atoms with E-state index in [0.717, 1.165) is 16.7 Å². The Labute approximate surface area is 206 Å². The third-order valence-corrected chi connectivity index (χ3v) is 6.52. The van der Waals surface area contributed by atoms with E-state index in [1.807, 2.05) is 68.4 Å². The van der Waals surface area contributed by atoms with Gasteiger partial charge in [0.05, 0.1) is 18.7 Å². The second-order valence-electron chi connectivity index (χ2n) is 10.1. The number of carbonyl (C=O) groups is 2. The first-order valence-corrected chi connectivity index (χ1v) is 11.7. The topological polar surface area (TPSA) is 66.8 Å². The van der Waals surface area contributed by atoms with E-state index in [1.54, 1.807) is 19.2 Å². The number of nitrogens with zero attached hydrogens (tertiary/aromatic N) is 1. The summed E-state index contributed by atoms with van der Waals surface area (Å²) in [5.41, 5.74) is 4.61. The molecule has 0 aromatic heterocycles. The predicted octanol–water partition coefficient (Wildman–Crippen LogP) is 6.24. The fourth-order valence-corrected chi connectivity index (χ4v) is 4.42. The first-order valence-electron chi connectivity index (χ1n) is 11.7. The molecule has 1 N–H and O–H groups in total. The quantitative estimate of drug-likeness (QED) is 0.279. The molecule has 0 radical (unpaired) electrons. The molecule has 0 aliphatic carbocycles. The molecule has 5 heteroatoms. The van der Waals surface area contributed by atoms with Crippen LogP contribution < -0.4 is 9.64 Å². The first kappa shape index (κ1) is 24.3. The highest BCUT2D eigenvalue weighted by Gasteiger charge is 2.47. The van der Waals surface area contributed by atoms with Crippen LogP contribution in [0.15, 0.2) is 72.3 Å². The molecule has 3 aromatic rings. The van der Waals surface area contributed by atoms with Gasteiger partial charge in [0.15, 0.2) is 0 Å². The molecule has 4 rings (SSSR count). The molecule has 1 aliphatic rings. The summed E-state index contributed by atoms with van der Waals surface area (Å²) in [6, 6.07) is 19.8. The maximum absolute atomic E-state index is 13.5. The predicted molar refractivity (Wildman–Crippen MR) is 139 cm³/mol. The summed E-state index contributed by atoms with van der Waals surface area (Å²) < 4.78 is 5.41. The van der Waals surface area contributed by atoms with E-state index < -0.39 is 17.7 Å². The number of Topliss-reactive ketones (excluding diaryl/α,β-unsaturated/α-hetero) is 1. The summed E-state index contributed by atoms with van der Waals surface area (Å²) >= 11 is 0. The lowest BCUT2D eigenvalue weighted by Crippen LogP contribution is -2.29. The number of carbonyl (C=O) groups excluding carboxylic acids is 2. The smallest absolute Gasteiger partial charge is 0.300 e. The molecular weight excluding hydrogens is 438 g/mol. The van der Waals surface area contributed by atoms with E-state index in [0.29, 0.717) is 22.6 Å². The number of ketones is 1. The molecule has 3 aromatic carbocycles. The number of anilines is 1. The number of methoxy groups -OCH3 is 1. The van der Waals surface area contributed by atoms with Gasteiger partial charge < -0.3 is 9.84 Å². The molecule has 5 nitrogen and oxygen atoms in total. The summed E-state index contributed by atoms with van der Waals surface area (Å²) in [6.07, 6.45) is 0. The number of hydrogen-bond acceptors (Lipinski definition) is 4. The Morgan fingerprint density at radius 3 is 2.26 bits per heavy atom. The largest absolute Gasteiger partial charge is 0.507 e. The Kier molecular flexibility index (Phi) is 6.28. The fraction of sp³-hybridized carbons (Fsp3) is 0.267. The summed E-state index contributed by atoms with van der Waals surface area (Å²) in [7, 11) is 1.57. The molecule has 1 saturated heterocycles. The van der Waals surface area contributed by atoms with E-state index in [2.05, 4.69) is 20.8 Å². The number of aryl methyl sites for hydroxylation is 2. The first-order chi connectivity index (χ1) is 16.5. The third-order valence-electron chi connectivity index (χ3n) is 6.52. The number of ether oxygens (including phenoxy) is 1. The number of benzene rings is 3. The van der Waals surface area contributed by atoms with Gasteiger partial charge in [0.1, 0.15) is 11.5 Å². The number of hydrogen-bond donors (Lipinski definition) is 1. The highest BCUT2D eigenvalue weighted by molar-refractivity contribution is 6.51. The van der Waals surface area contributed by atoms with Crippen molar-refractivity contribution in [2.75, 3.05) is 12.0 Å². The zero-order valence-electron chi connectivity index (χ0n) is 21.0. The minimum absolute atomic E-state index is 0.0676. The Balaban J connectivity index is 1.99. The number of aliphatic hydroxyl groups excluding tert-OH is 1. The van der Waals surface area contributed by atoms with Crippen molar-refractivity contribution < 1.29 is 19.4 Å². The van der Waals surface area contributed by atoms with Crippen molar-refractivity contribution >= 4 is 23.1 Å². The van der Waals surface area contributed by atoms with Crippen LogP contribution in [0.25, 0.3) is 5.76 Å².